The van der Waals surface area contributed by atoms with Crippen molar-refractivity contribution in [2.45, 2.75) is 13.3 Å². The van der Waals surface area contributed by atoms with E-state index in [-0.39, 0.29) is 18.6 Å². The number of hydrogen-bond donors (Lipinski definition) is 2. The number of nitriles is 1. The normalized spacial score (nSPS) is 10.6. The van der Waals surface area contributed by atoms with E-state index in [1.54, 1.807) is 31.2 Å². The second kappa shape index (κ2) is 8.38. The summed E-state index contributed by atoms with van der Waals surface area (Å²) >= 11 is 0. The van der Waals surface area contributed by atoms with Gasteiger partial charge >= 0.3 is 0 Å². The Kier molecular flexibility index (Phi) is 6.48. The Bertz CT molecular complexity index is 588. The van der Waals surface area contributed by atoms with E-state index in [1.807, 2.05) is 6.07 Å². The van der Waals surface area contributed by atoms with Crippen molar-refractivity contribution in [2.24, 2.45) is 5.73 Å². The summed E-state index contributed by atoms with van der Waals surface area (Å²) in [5.74, 6) is -0.313. The summed E-state index contributed by atoms with van der Waals surface area (Å²) in [5, 5.41) is 11.6. The zero-order valence-electron chi connectivity index (χ0n) is 11.8. The van der Waals surface area contributed by atoms with Crippen LogP contribution in [0.15, 0.2) is 29.8 Å². The van der Waals surface area contributed by atoms with Crippen LogP contribution in [0.5, 0.6) is 5.75 Å². The smallest absolute Gasteiger partial charge is 0.261 e. The van der Waals surface area contributed by atoms with Gasteiger partial charge in [-0.3, -0.25) is 9.59 Å². The second-order valence-electron chi connectivity index (χ2n) is 4.17. The van der Waals surface area contributed by atoms with Gasteiger partial charge in [-0.2, -0.15) is 5.26 Å². The van der Waals surface area contributed by atoms with Crippen molar-refractivity contribution in [3.05, 3.63) is 35.4 Å². The third kappa shape index (κ3) is 5.78. The monoisotopic (exact) mass is 287 g/mol. The lowest BCUT2D eigenvalue weighted by atomic mass is 10.1. The summed E-state index contributed by atoms with van der Waals surface area (Å²) in [4.78, 5) is 22.3. The summed E-state index contributed by atoms with van der Waals surface area (Å²) in [5.41, 5.74) is 5.70. The highest BCUT2D eigenvalue weighted by Gasteiger charge is 2.07. The van der Waals surface area contributed by atoms with Gasteiger partial charge in [0.25, 0.3) is 5.91 Å². The van der Waals surface area contributed by atoms with Gasteiger partial charge < -0.3 is 15.8 Å². The van der Waals surface area contributed by atoms with Crippen molar-refractivity contribution >= 4 is 17.9 Å². The first-order valence-corrected chi connectivity index (χ1v) is 6.48. The summed E-state index contributed by atoms with van der Waals surface area (Å²) in [6.07, 6.45) is 1.61. The minimum atomic E-state index is -0.436. The lowest BCUT2D eigenvalue weighted by molar-refractivity contribution is -0.118. The van der Waals surface area contributed by atoms with Crippen LogP contribution in [-0.2, 0) is 9.59 Å². The molecular formula is C15H17N3O3. The van der Waals surface area contributed by atoms with Crippen LogP contribution in [0.4, 0.5) is 0 Å². The topological polar surface area (TPSA) is 105 Å². The number of nitrogens with two attached hydrogens (primary N) is 1. The van der Waals surface area contributed by atoms with Crippen LogP contribution >= 0.6 is 0 Å². The zero-order chi connectivity index (χ0) is 15.7. The van der Waals surface area contributed by atoms with Crippen LogP contribution in [0.3, 0.4) is 0 Å². The Morgan fingerprint density at radius 3 is 2.86 bits per heavy atom. The Balaban J connectivity index is 2.81. The van der Waals surface area contributed by atoms with Crippen LogP contribution in [0.1, 0.15) is 18.9 Å². The number of nitrogens with zero attached hydrogens (tertiary/aromatic N) is 1. The average Bonchev–Trinajstić information content (AvgIpc) is 2.45. The number of amides is 2. The van der Waals surface area contributed by atoms with Crippen molar-refractivity contribution < 1.29 is 14.3 Å². The van der Waals surface area contributed by atoms with Gasteiger partial charge in [0.15, 0.2) is 0 Å². The van der Waals surface area contributed by atoms with Gasteiger partial charge in [-0.15, -0.1) is 0 Å². The molecule has 0 saturated carbocycles. The maximum atomic E-state index is 11.6. The van der Waals surface area contributed by atoms with E-state index in [2.05, 4.69) is 5.32 Å². The summed E-state index contributed by atoms with van der Waals surface area (Å²) in [7, 11) is 0. The minimum Gasteiger partial charge on any atom is -0.493 e. The molecular weight excluding hydrogens is 270 g/mol. The molecule has 0 aliphatic carbocycles. The number of rotatable bonds is 7. The number of carbonyl (C=O) groups is 2. The molecule has 0 unspecified atom stereocenters. The fourth-order valence-corrected chi connectivity index (χ4v) is 1.53. The van der Waals surface area contributed by atoms with Crippen LogP contribution in [0, 0.1) is 11.3 Å². The average molecular weight is 287 g/mol. The van der Waals surface area contributed by atoms with E-state index in [0.29, 0.717) is 17.9 Å². The van der Waals surface area contributed by atoms with E-state index >= 15 is 0 Å². The van der Waals surface area contributed by atoms with Crippen molar-refractivity contribution in [3.8, 4) is 11.8 Å². The minimum absolute atomic E-state index is 0.0196. The van der Waals surface area contributed by atoms with E-state index in [1.165, 1.54) is 6.08 Å². The first kappa shape index (κ1) is 16.2. The molecule has 0 aliphatic rings. The number of primary amides is 1. The SMILES string of the molecule is CCNC(=O)C(C#N)=Cc1cccc(OCCC(N)=O)c1. The van der Waals surface area contributed by atoms with Crippen molar-refractivity contribution in [1.29, 1.82) is 5.26 Å². The molecule has 1 rings (SSSR count). The largest absolute Gasteiger partial charge is 0.493 e. The van der Waals surface area contributed by atoms with Crippen LogP contribution in [-0.4, -0.2) is 25.0 Å². The fourth-order valence-electron chi connectivity index (χ4n) is 1.53. The molecule has 0 saturated heterocycles. The van der Waals surface area contributed by atoms with Crippen LogP contribution in [0.25, 0.3) is 6.08 Å². The molecule has 0 radical (unpaired) electrons. The third-order valence-corrected chi connectivity index (χ3v) is 2.49. The van der Waals surface area contributed by atoms with Crippen molar-refractivity contribution in [2.75, 3.05) is 13.2 Å². The van der Waals surface area contributed by atoms with Crippen molar-refractivity contribution in [1.82, 2.24) is 5.32 Å². The van der Waals surface area contributed by atoms with E-state index < -0.39 is 11.8 Å². The number of nitrogens with one attached hydrogen (secondary N) is 1. The highest BCUT2D eigenvalue weighted by atomic mass is 16.5. The van der Waals surface area contributed by atoms with Gasteiger partial charge in [0.1, 0.15) is 17.4 Å². The molecule has 0 bridgehead atoms. The quantitative estimate of drug-likeness (QED) is 0.576. The Hall–Kier alpha value is -2.81. The lowest BCUT2D eigenvalue weighted by Gasteiger charge is -2.06. The van der Waals surface area contributed by atoms with Gasteiger partial charge in [0.2, 0.25) is 5.91 Å². The zero-order valence-corrected chi connectivity index (χ0v) is 11.8. The van der Waals surface area contributed by atoms with E-state index in [4.69, 9.17) is 15.7 Å². The predicted molar refractivity (Wildman–Crippen MR) is 78.0 cm³/mol. The van der Waals surface area contributed by atoms with Crippen molar-refractivity contribution in [3.63, 3.8) is 0 Å². The third-order valence-electron chi connectivity index (χ3n) is 2.49. The standard InChI is InChI=1S/C15H17N3O3/c1-2-18-15(20)12(10-16)8-11-4-3-5-13(9-11)21-7-6-14(17)19/h3-5,8-9H,2,6-7H2,1H3,(H2,17,19)(H,18,20). The molecule has 0 aliphatic heterocycles. The highest BCUT2D eigenvalue weighted by molar-refractivity contribution is 6.01. The van der Waals surface area contributed by atoms with E-state index in [9.17, 15) is 9.59 Å². The first-order valence-electron chi connectivity index (χ1n) is 6.48. The summed E-state index contributed by atoms with van der Waals surface area (Å²) in [6.45, 7) is 2.41. The molecule has 0 aromatic heterocycles. The number of benzene rings is 1. The van der Waals surface area contributed by atoms with Crippen LogP contribution < -0.4 is 15.8 Å². The number of carbonyl (C=O) groups excluding carboxylic acids is 2. The summed E-state index contributed by atoms with van der Waals surface area (Å²) in [6, 6.07) is 8.74. The molecule has 21 heavy (non-hydrogen) atoms. The van der Waals surface area contributed by atoms with Gasteiger partial charge in [-0.25, -0.2) is 0 Å². The Morgan fingerprint density at radius 2 is 2.24 bits per heavy atom. The molecule has 3 N–H and O–H groups in total. The van der Waals surface area contributed by atoms with Gasteiger partial charge in [-0.1, -0.05) is 12.1 Å². The molecule has 2 amide bonds. The summed E-state index contributed by atoms with van der Waals surface area (Å²) < 4.78 is 5.37. The van der Waals surface area contributed by atoms with Crippen LogP contribution in [0.2, 0.25) is 0 Å². The van der Waals surface area contributed by atoms with Gasteiger partial charge in [0, 0.05) is 6.54 Å². The molecule has 0 heterocycles. The highest BCUT2D eigenvalue weighted by Crippen LogP contribution is 2.16. The molecule has 0 fully saturated rings. The fraction of sp³-hybridized carbons (Fsp3) is 0.267. The Morgan fingerprint density at radius 1 is 1.48 bits per heavy atom. The molecule has 0 atom stereocenters. The number of ether oxygens (including phenoxy) is 1. The molecule has 0 spiro atoms. The molecule has 1 aromatic rings. The maximum absolute atomic E-state index is 11.6. The molecule has 6 nitrogen and oxygen atoms in total. The molecule has 6 heteroatoms. The van der Waals surface area contributed by atoms with Gasteiger partial charge in [-0.05, 0) is 30.7 Å². The predicted octanol–water partition coefficient (Wildman–Crippen LogP) is 0.984. The van der Waals surface area contributed by atoms with Gasteiger partial charge in [0.05, 0.1) is 13.0 Å². The number of likely N-dealkylation sites (N-methyl/N-ethyl adjacent to an activating group) is 1. The lowest BCUT2D eigenvalue weighted by Crippen LogP contribution is -2.23. The Labute approximate surface area is 123 Å². The maximum Gasteiger partial charge on any atom is 0.261 e. The van der Waals surface area contributed by atoms with E-state index in [0.717, 1.165) is 0 Å². The molecule has 110 valence electrons. The number of hydrogen-bond acceptors (Lipinski definition) is 4. The second-order valence-corrected chi connectivity index (χ2v) is 4.17. The molecule has 1 aromatic carbocycles. The first-order chi connectivity index (χ1) is 10.1.